The van der Waals surface area contributed by atoms with Crippen molar-refractivity contribution in [1.82, 2.24) is 4.98 Å². The highest BCUT2D eigenvalue weighted by Gasteiger charge is 2.13. The lowest BCUT2D eigenvalue weighted by molar-refractivity contribution is -0.147. The number of fused-ring (bicyclic) bond motifs is 2. The van der Waals surface area contributed by atoms with Crippen LogP contribution in [0.2, 0.25) is 0 Å². The van der Waals surface area contributed by atoms with E-state index in [2.05, 4.69) is 10.6 Å². The fourth-order valence-electron chi connectivity index (χ4n) is 3.89. The van der Waals surface area contributed by atoms with E-state index in [-0.39, 0.29) is 31.0 Å². The number of carbonyl (C=O) groups is 4. The van der Waals surface area contributed by atoms with Gasteiger partial charge in [0, 0.05) is 22.1 Å². The minimum Gasteiger partial charge on any atom is -0.460 e. The molecule has 3 aromatic carbocycles. The van der Waals surface area contributed by atoms with Crippen molar-refractivity contribution in [2.45, 2.75) is 33.3 Å². The number of rotatable bonds is 9. The number of hydrogen-bond acceptors (Lipinski definition) is 7. The molecular formula is C28H25N3O5. The number of benzene rings is 3. The third-order valence-electron chi connectivity index (χ3n) is 5.34. The number of ketones is 2. The van der Waals surface area contributed by atoms with Gasteiger partial charge >= 0.3 is 5.97 Å². The van der Waals surface area contributed by atoms with Gasteiger partial charge in [-0.2, -0.15) is 0 Å². The van der Waals surface area contributed by atoms with E-state index in [1.165, 1.54) is 13.8 Å². The normalized spacial score (nSPS) is 10.7. The van der Waals surface area contributed by atoms with Crippen LogP contribution in [0.1, 0.15) is 32.3 Å². The van der Waals surface area contributed by atoms with Crippen LogP contribution in [0.25, 0.3) is 21.8 Å². The molecule has 4 aromatic rings. The second-order valence-corrected chi connectivity index (χ2v) is 8.53. The van der Waals surface area contributed by atoms with Crippen LogP contribution in [-0.2, 0) is 30.5 Å². The lowest BCUT2D eigenvalue weighted by Gasteiger charge is -2.16. The van der Waals surface area contributed by atoms with Crippen molar-refractivity contribution in [3.63, 3.8) is 0 Å². The van der Waals surface area contributed by atoms with Crippen molar-refractivity contribution >= 4 is 62.3 Å². The van der Waals surface area contributed by atoms with Crippen LogP contribution in [0.3, 0.4) is 0 Å². The molecule has 1 amide bonds. The SMILES string of the molecule is CC(=O)CC(=O)Nc1cc(COC(=O)CC(C)=O)cc(Nc2c3ccccc3nc3ccccc23)c1. The Balaban J connectivity index is 1.73. The second kappa shape index (κ2) is 10.8. The van der Waals surface area contributed by atoms with Crippen molar-refractivity contribution in [3.05, 3.63) is 72.3 Å². The molecule has 0 saturated heterocycles. The van der Waals surface area contributed by atoms with Gasteiger partial charge in [-0.05, 0) is 49.7 Å². The average Bonchev–Trinajstić information content (AvgIpc) is 2.81. The summed E-state index contributed by atoms with van der Waals surface area (Å²) in [5, 5.41) is 8.01. The highest BCUT2D eigenvalue weighted by atomic mass is 16.5. The fraction of sp³-hybridized carbons (Fsp3) is 0.179. The molecule has 1 heterocycles. The maximum Gasteiger partial charge on any atom is 0.313 e. The lowest BCUT2D eigenvalue weighted by atomic mass is 10.1. The van der Waals surface area contributed by atoms with Gasteiger partial charge < -0.3 is 15.4 Å². The first kappa shape index (κ1) is 24.5. The third-order valence-corrected chi connectivity index (χ3v) is 5.34. The molecule has 0 atom stereocenters. The number of anilines is 3. The van der Waals surface area contributed by atoms with E-state index in [1.807, 2.05) is 48.5 Å². The van der Waals surface area contributed by atoms with Gasteiger partial charge in [-0.25, -0.2) is 4.98 Å². The number of Topliss-reactive ketones (excluding diaryl/α,β-unsaturated/α-hetero) is 2. The van der Waals surface area contributed by atoms with Crippen LogP contribution in [-0.4, -0.2) is 28.4 Å². The van der Waals surface area contributed by atoms with E-state index in [4.69, 9.17) is 9.72 Å². The summed E-state index contributed by atoms with van der Waals surface area (Å²) in [6.45, 7) is 2.57. The maximum absolute atomic E-state index is 12.3. The largest absolute Gasteiger partial charge is 0.460 e. The summed E-state index contributed by atoms with van der Waals surface area (Å²) in [5.74, 6) is -1.62. The molecule has 0 unspecified atom stereocenters. The summed E-state index contributed by atoms with van der Waals surface area (Å²) in [6.07, 6.45) is -0.560. The van der Waals surface area contributed by atoms with Crippen LogP contribution in [0, 0.1) is 0 Å². The summed E-state index contributed by atoms with van der Waals surface area (Å²) in [4.78, 5) is 51.5. The quantitative estimate of drug-likeness (QED) is 0.194. The van der Waals surface area contributed by atoms with Gasteiger partial charge in [0.15, 0.2) is 0 Å². The number of para-hydroxylation sites is 2. The summed E-state index contributed by atoms with van der Waals surface area (Å²) >= 11 is 0. The van der Waals surface area contributed by atoms with Gasteiger partial charge in [0.25, 0.3) is 0 Å². The van der Waals surface area contributed by atoms with Crippen molar-refractivity contribution in [1.29, 1.82) is 0 Å². The second-order valence-electron chi connectivity index (χ2n) is 8.53. The molecule has 8 nitrogen and oxygen atoms in total. The molecule has 0 aliphatic rings. The number of ether oxygens (including phenoxy) is 1. The van der Waals surface area contributed by atoms with Gasteiger partial charge in [-0.1, -0.05) is 36.4 Å². The van der Waals surface area contributed by atoms with Crippen LogP contribution < -0.4 is 10.6 Å². The summed E-state index contributed by atoms with van der Waals surface area (Å²) < 4.78 is 5.24. The van der Waals surface area contributed by atoms with Crippen molar-refractivity contribution < 1.29 is 23.9 Å². The standard InChI is InChI=1S/C28H25N3O5/c1-17(32)11-26(34)29-20-13-19(16-36-27(35)12-18(2)33)14-21(15-20)30-28-22-7-3-5-9-24(22)31-25-10-6-4-8-23(25)28/h3-10,13-15H,11-12,16H2,1-2H3,(H,29,34)(H,30,31). The van der Waals surface area contributed by atoms with E-state index >= 15 is 0 Å². The number of esters is 1. The van der Waals surface area contributed by atoms with E-state index < -0.39 is 11.9 Å². The van der Waals surface area contributed by atoms with E-state index in [0.717, 1.165) is 27.5 Å². The number of amides is 1. The fourth-order valence-corrected chi connectivity index (χ4v) is 3.89. The predicted molar refractivity (Wildman–Crippen MR) is 138 cm³/mol. The van der Waals surface area contributed by atoms with Gasteiger partial charge in [0.05, 0.1) is 23.1 Å². The Morgan fingerprint density at radius 1 is 0.778 bits per heavy atom. The molecule has 182 valence electrons. The minimum atomic E-state index is -0.630. The summed E-state index contributed by atoms with van der Waals surface area (Å²) in [5.41, 5.74) is 4.15. The first-order valence-electron chi connectivity index (χ1n) is 11.4. The van der Waals surface area contributed by atoms with E-state index in [1.54, 1.807) is 18.2 Å². The molecule has 36 heavy (non-hydrogen) atoms. The molecular weight excluding hydrogens is 458 g/mol. The van der Waals surface area contributed by atoms with Crippen LogP contribution in [0.5, 0.6) is 0 Å². The molecule has 0 fully saturated rings. The number of pyridine rings is 1. The summed E-state index contributed by atoms with van der Waals surface area (Å²) in [7, 11) is 0. The molecule has 0 radical (unpaired) electrons. The zero-order valence-corrected chi connectivity index (χ0v) is 20.0. The highest BCUT2D eigenvalue weighted by molar-refractivity contribution is 6.09. The first-order chi connectivity index (χ1) is 17.3. The van der Waals surface area contributed by atoms with Gasteiger partial charge in [0.2, 0.25) is 5.91 Å². The van der Waals surface area contributed by atoms with Crippen molar-refractivity contribution in [3.8, 4) is 0 Å². The minimum absolute atomic E-state index is 0.0882. The lowest BCUT2D eigenvalue weighted by Crippen LogP contribution is -2.15. The Kier molecular flexibility index (Phi) is 7.34. The Morgan fingerprint density at radius 2 is 1.36 bits per heavy atom. The molecule has 0 aliphatic heterocycles. The van der Waals surface area contributed by atoms with Gasteiger partial charge in [0.1, 0.15) is 24.6 Å². The molecule has 2 N–H and O–H groups in total. The van der Waals surface area contributed by atoms with Crippen LogP contribution >= 0.6 is 0 Å². The molecule has 0 aliphatic carbocycles. The van der Waals surface area contributed by atoms with E-state index in [0.29, 0.717) is 16.9 Å². The Morgan fingerprint density at radius 3 is 1.97 bits per heavy atom. The van der Waals surface area contributed by atoms with Crippen LogP contribution in [0.15, 0.2) is 66.7 Å². The monoisotopic (exact) mass is 483 g/mol. The summed E-state index contributed by atoms with van der Waals surface area (Å²) in [6, 6.07) is 20.7. The maximum atomic E-state index is 12.3. The highest BCUT2D eigenvalue weighted by Crippen LogP contribution is 2.34. The van der Waals surface area contributed by atoms with Gasteiger partial charge in [-0.3, -0.25) is 19.2 Å². The van der Waals surface area contributed by atoms with E-state index in [9.17, 15) is 19.2 Å². The van der Waals surface area contributed by atoms with Gasteiger partial charge in [-0.15, -0.1) is 0 Å². The Labute approximate surface area is 207 Å². The number of aromatic nitrogens is 1. The number of nitrogens with zero attached hydrogens (tertiary/aromatic N) is 1. The van der Waals surface area contributed by atoms with Crippen molar-refractivity contribution in [2.24, 2.45) is 0 Å². The zero-order chi connectivity index (χ0) is 25.7. The van der Waals surface area contributed by atoms with Crippen LogP contribution in [0.4, 0.5) is 17.1 Å². The Bertz CT molecular complexity index is 1440. The molecule has 8 heteroatoms. The molecule has 4 rings (SSSR count). The number of carbonyl (C=O) groups excluding carboxylic acids is 4. The smallest absolute Gasteiger partial charge is 0.313 e. The molecule has 0 saturated carbocycles. The zero-order valence-electron chi connectivity index (χ0n) is 20.0. The van der Waals surface area contributed by atoms with Crippen molar-refractivity contribution in [2.75, 3.05) is 10.6 Å². The predicted octanol–water partition coefficient (Wildman–Crippen LogP) is 5.07. The topological polar surface area (TPSA) is 114 Å². The molecule has 0 bridgehead atoms. The Hall–Kier alpha value is -4.59. The number of nitrogens with one attached hydrogen (secondary N) is 2. The average molecular weight is 484 g/mol. The molecule has 1 aromatic heterocycles. The first-order valence-corrected chi connectivity index (χ1v) is 11.4. The third kappa shape index (κ3) is 6.09. The number of hydrogen-bond donors (Lipinski definition) is 2. The molecule has 0 spiro atoms.